The summed E-state index contributed by atoms with van der Waals surface area (Å²) in [6.07, 6.45) is -3.07. The lowest BCUT2D eigenvalue weighted by molar-refractivity contribution is -0.137. The Labute approximate surface area is 168 Å². The highest BCUT2D eigenvalue weighted by Gasteiger charge is 2.47. The van der Waals surface area contributed by atoms with Gasteiger partial charge in [-0.2, -0.15) is 13.2 Å². The number of piperidine rings is 1. The van der Waals surface area contributed by atoms with Gasteiger partial charge in [0.2, 0.25) is 5.91 Å². The molecule has 0 bridgehead atoms. The van der Waals surface area contributed by atoms with Gasteiger partial charge in [-0.15, -0.1) is 0 Å². The van der Waals surface area contributed by atoms with Crippen molar-refractivity contribution in [3.05, 3.63) is 35.4 Å². The van der Waals surface area contributed by atoms with Crippen molar-refractivity contribution in [1.82, 2.24) is 20.4 Å². The molecule has 2 aliphatic rings. The summed E-state index contributed by atoms with van der Waals surface area (Å²) < 4.78 is 39.0. The summed E-state index contributed by atoms with van der Waals surface area (Å²) in [6, 6.07) is 5.43. The minimum Gasteiger partial charge on any atom is -0.360 e. The number of hydrogen-bond donors (Lipinski definition) is 2. The van der Waals surface area contributed by atoms with E-state index < -0.39 is 17.4 Å². The number of carbonyl (C=O) groups excluding carboxylic acids is 1. The first-order valence-electron chi connectivity index (χ1n) is 9.38. The molecule has 28 heavy (non-hydrogen) atoms. The number of nitrogens with zero attached hydrogens (tertiary/aromatic N) is 2. The third-order valence-corrected chi connectivity index (χ3v) is 5.65. The molecule has 5 nitrogen and oxygen atoms in total. The van der Waals surface area contributed by atoms with Gasteiger partial charge in [-0.05, 0) is 43.8 Å². The molecule has 1 spiro atoms. The standard InChI is InChI=1S/C19H25F3N4OS/c1-13(2)24-17(28)25-8-6-18(7-9-25)23-11-16(27)26(18)12-14-4-3-5-15(10-14)19(20,21)22/h3-5,10,13,23H,6-9,11-12H2,1-2H3,(H,24,28). The van der Waals surface area contributed by atoms with Crippen molar-refractivity contribution >= 4 is 23.2 Å². The average Bonchev–Trinajstić information content (AvgIpc) is 2.91. The Balaban J connectivity index is 1.72. The number of benzene rings is 1. The van der Waals surface area contributed by atoms with E-state index in [9.17, 15) is 18.0 Å². The SMILES string of the molecule is CC(C)NC(=S)N1CCC2(CC1)NCC(=O)N2Cc1cccc(C(F)(F)F)c1. The van der Waals surface area contributed by atoms with Crippen molar-refractivity contribution < 1.29 is 18.0 Å². The molecule has 0 atom stereocenters. The highest BCUT2D eigenvalue weighted by molar-refractivity contribution is 7.80. The fourth-order valence-electron chi connectivity index (χ4n) is 3.80. The van der Waals surface area contributed by atoms with E-state index in [0.29, 0.717) is 36.6 Å². The monoisotopic (exact) mass is 414 g/mol. The van der Waals surface area contributed by atoms with Gasteiger partial charge in [0.05, 0.1) is 17.8 Å². The van der Waals surface area contributed by atoms with Crippen molar-refractivity contribution in [2.24, 2.45) is 0 Å². The second-order valence-electron chi connectivity index (χ2n) is 7.65. The number of amides is 1. The second kappa shape index (κ2) is 7.87. The molecule has 2 saturated heterocycles. The van der Waals surface area contributed by atoms with Crippen molar-refractivity contribution in [2.75, 3.05) is 19.6 Å². The summed E-state index contributed by atoms with van der Waals surface area (Å²) >= 11 is 5.43. The van der Waals surface area contributed by atoms with Crippen LogP contribution in [0.5, 0.6) is 0 Å². The molecule has 1 aromatic carbocycles. The number of hydrogen-bond acceptors (Lipinski definition) is 3. The van der Waals surface area contributed by atoms with Crippen LogP contribution in [-0.4, -0.2) is 52.2 Å². The van der Waals surface area contributed by atoms with Crippen molar-refractivity contribution in [3.63, 3.8) is 0 Å². The molecule has 0 radical (unpaired) electrons. The van der Waals surface area contributed by atoms with Gasteiger partial charge in [0.1, 0.15) is 0 Å². The van der Waals surface area contributed by atoms with Gasteiger partial charge in [-0.3, -0.25) is 10.1 Å². The zero-order chi connectivity index (χ0) is 20.5. The van der Waals surface area contributed by atoms with Gasteiger partial charge < -0.3 is 15.1 Å². The first-order chi connectivity index (χ1) is 13.1. The normalized spacial score (nSPS) is 19.6. The molecule has 1 aromatic rings. The molecular weight excluding hydrogens is 389 g/mol. The molecule has 0 unspecified atom stereocenters. The number of thiocarbonyl (C=S) groups is 1. The van der Waals surface area contributed by atoms with E-state index >= 15 is 0 Å². The molecular formula is C19H25F3N4OS. The minimum absolute atomic E-state index is 0.0891. The molecule has 9 heteroatoms. The Bertz CT molecular complexity index is 745. The van der Waals surface area contributed by atoms with Crippen LogP contribution in [0.15, 0.2) is 24.3 Å². The minimum atomic E-state index is -4.40. The predicted molar refractivity (Wildman–Crippen MR) is 104 cm³/mol. The maximum absolute atomic E-state index is 13.0. The Hall–Kier alpha value is -1.87. The lowest BCUT2D eigenvalue weighted by Crippen LogP contribution is -2.60. The molecule has 2 aliphatic heterocycles. The molecule has 1 amide bonds. The maximum atomic E-state index is 13.0. The summed E-state index contributed by atoms with van der Waals surface area (Å²) in [4.78, 5) is 16.3. The first kappa shape index (κ1) is 20.9. The number of halogens is 3. The van der Waals surface area contributed by atoms with E-state index in [1.807, 2.05) is 13.8 Å². The highest BCUT2D eigenvalue weighted by atomic mass is 32.1. The van der Waals surface area contributed by atoms with E-state index in [1.54, 1.807) is 11.0 Å². The van der Waals surface area contributed by atoms with Gasteiger partial charge >= 0.3 is 6.18 Å². The van der Waals surface area contributed by atoms with Gasteiger partial charge in [0.25, 0.3) is 0 Å². The smallest absolute Gasteiger partial charge is 0.360 e. The third-order valence-electron chi connectivity index (χ3n) is 5.27. The first-order valence-corrected chi connectivity index (χ1v) is 9.79. The summed E-state index contributed by atoms with van der Waals surface area (Å²) in [5.74, 6) is -0.0891. The van der Waals surface area contributed by atoms with Crippen LogP contribution in [0, 0.1) is 0 Å². The van der Waals surface area contributed by atoms with Gasteiger partial charge in [0, 0.05) is 38.5 Å². The molecule has 0 aliphatic carbocycles. The number of rotatable bonds is 3. The van der Waals surface area contributed by atoms with Crippen LogP contribution in [0.4, 0.5) is 13.2 Å². The van der Waals surface area contributed by atoms with Crippen molar-refractivity contribution in [3.8, 4) is 0 Å². The van der Waals surface area contributed by atoms with Crippen LogP contribution in [-0.2, 0) is 17.5 Å². The van der Waals surface area contributed by atoms with Gasteiger partial charge in [0.15, 0.2) is 5.11 Å². The van der Waals surface area contributed by atoms with Crippen LogP contribution < -0.4 is 10.6 Å². The third kappa shape index (κ3) is 4.41. The zero-order valence-electron chi connectivity index (χ0n) is 16.0. The predicted octanol–water partition coefficient (Wildman–Crippen LogP) is 2.71. The molecule has 2 fully saturated rings. The largest absolute Gasteiger partial charge is 0.416 e. The summed E-state index contributed by atoms with van der Waals surface area (Å²) in [7, 11) is 0. The van der Waals surface area contributed by atoms with Gasteiger partial charge in [-0.1, -0.05) is 12.1 Å². The molecule has 0 aromatic heterocycles. The quantitative estimate of drug-likeness (QED) is 0.745. The number of likely N-dealkylation sites (tertiary alicyclic amines) is 1. The van der Waals surface area contributed by atoms with Crippen molar-refractivity contribution in [2.45, 2.75) is 51.1 Å². The molecule has 3 rings (SSSR count). The maximum Gasteiger partial charge on any atom is 0.416 e. The fraction of sp³-hybridized carbons (Fsp3) is 0.579. The zero-order valence-corrected chi connectivity index (χ0v) is 16.8. The average molecular weight is 414 g/mol. The summed E-state index contributed by atoms with van der Waals surface area (Å²) in [5.41, 5.74) is -0.751. The lowest BCUT2D eigenvalue weighted by atomic mass is 9.95. The van der Waals surface area contributed by atoms with Crippen LogP contribution in [0.25, 0.3) is 0 Å². The Morgan fingerprint density at radius 1 is 1.32 bits per heavy atom. The topological polar surface area (TPSA) is 47.6 Å². The van der Waals surface area contributed by atoms with E-state index in [0.717, 1.165) is 12.1 Å². The van der Waals surface area contributed by atoms with Crippen LogP contribution in [0.1, 0.15) is 37.8 Å². The Morgan fingerprint density at radius 3 is 2.61 bits per heavy atom. The molecule has 0 saturated carbocycles. The van der Waals surface area contributed by atoms with Crippen LogP contribution in [0.2, 0.25) is 0 Å². The van der Waals surface area contributed by atoms with Gasteiger partial charge in [-0.25, -0.2) is 0 Å². The summed E-state index contributed by atoms with van der Waals surface area (Å²) in [6.45, 7) is 5.76. The Kier molecular flexibility index (Phi) is 5.86. The molecule has 154 valence electrons. The van der Waals surface area contributed by atoms with E-state index in [2.05, 4.69) is 15.5 Å². The molecule has 2 heterocycles. The van der Waals surface area contributed by atoms with Crippen LogP contribution in [0.3, 0.4) is 0 Å². The highest BCUT2D eigenvalue weighted by Crippen LogP contribution is 2.33. The van der Waals surface area contributed by atoms with E-state index in [1.165, 1.54) is 6.07 Å². The second-order valence-corrected chi connectivity index (χ2v) is 8.04. The van der Waals surface area contributed by atoms with Crippen LogP contribution >= 0.6 is 12.2 Å². The van der Waals surface area contributed by atoms with Crippen molar-refractivity contribution in [1.29, 1.82) is 0 Å². The number of nitrogens with one attached hydrogen (secondary N) is 2. The number of carbonyl (C=O) groups is 1. The molecule has 2 N–H and O–H groups in total. The fourth-order valence-corrected chi connectivity index (χ4v) is 4.22. The summed E-state index contributed by atoms with van der Waals surface area (Å²) in [5, 5.41) is 7.22. The van der Waals surface area contributed by atoms with E-state index in [4.69, 9.17) is 12.2 Å². The lowest BCUT2D eigenvalue weighted by Gasteiger charge is -2.45. The number of alkyl halides is 3. The van der Waals surface area contributed by atoms with E-state index in [-0.39, 0.29) is 25.0 Å². The Morgan fingerprint density at radius 2 is 2.00 bits per heavy atom.